The molecule has 0 radical (unpaired) electrons. The second-order valence-corrected chi connectivity index (χ2v) is 6.03. The molecule has 2 rings (SSSR count). The second kappa shape index (κ2) is 8.30. The third-order valence-electron chi connectivity index (χ3n) is 2.49. The fourth-order valence-electron chi connectivity index (χ4n) is 1.46. The molecule has 0 saturated heterocycles. The van der Waals surface area contributed by atoms with Gasteiger partial charge in [-0.1, -0.05) is 12.1 Å². The number of nitrogens with zero attached hydrogens (tertiary/aromatic N) is 1. The van der Waals surface area contributed by atoms with Crippen molar-refractivity contribution in [3.05, 3.63) is 46.1 Å². The van der Waals surface area contributed by atoms with Crippen LogP contribution >= 0.6 is 22.7 Å². The van der Waals surface area contributed by atoms with Crippen LogP contribution in [0.2, 0.25) is 0 Å². The molecule has 116 valence electrons. The van der Waals surface area contributed by atoms with Crippen LogP contribution in [0.4, 0.5) is 5.13 Å². The molecule has 0 spiro atoms. The van der Waals surface area contributed by atoms with Crippen LogP contribution in [0.1, 0.15) is 15.4 Å². The zero-order chi connectivity index (χ0) is 15.8. The molecule has 0 aliphatic heterocycles. The number of aromatic nitrogens is 1. The van der Waals surface area contributed by atoms with Gasteiger partial charge in [0.05, 0.1) is 6.54 Å². The summed E-state index contributed by atoms with van der Waals surface area (Å²) in [5.41, 5.74) is 0.183. The lowest BCUT2D eigenvalue weighted by molar-refractivity contribution is -0.124. The van der Waals surface area contributed by atoms with Crippen LogP contribution in [-0.4, -0.2) is 30.0 Å². The summed E-state index contributed by atoms with van der Waals surface area (Å²) in [6.07, 6.45) is 1.69. The minimum Gasteiger partial charge on any atom is -0.451 e. The molecule has 0 aliphatic rings. The number of carbonyl (C=O) groups excluding carboxylic acids is 2. The van der Waals surface area contributed by atoms with E-state index in [0.717, 1.165) is 4.88 Å². The number of nitrogens with one attached hydrogen (secondary N) is 2. The molecule has 2 aromatic heterocycles. The molecule has 0 bridgehead atoms. The minimum absolute atomic E-state index is 0.183. The van der Waals surface area contributed by atoms with Gasteiger partial charge >= 0.3 is 5.97 Å². The number of carbonyl (C=O) groups is 2. The largest absolute Gasteiger partial charge is 0.451 e. The number of ether oxygens (including phenoxy) is 1. The molecular formula is C14H15N3O3S2. The first-order chi connectivity index (χ1) is 10.7. The van der Waals surface area contributed by atoms with E-state index in [9.17, 15) is 9.59 Å². The smallest absolute Gasteiger partial charge is 0.358 e. The van der Waals surface area contributed by atoms with Crippen molar-refractivity contribution in [1.82, 2.24) is 10.3 Å². The maximum absolute atomic E-state index is 11.8. The summed E-state index contributed by atoms with van der Waals surface area (Å²) in [4.78, 5) is 28.5. The number of rotatable bonds is 8. The van der Waals surface area contributed by atoms with Crippen molar-refractivity contribution in [3.63, 3.8) is 0 Å². The lowest BCUT2D eigenvalue weighted by Gasteiger charge is -2.04. The molecule has 8 heteroatoms. The topological polar surface area (TPSA) is 80.3 Å². The van der Waals surface area contributed by atoms with Crippen molar-refractivity contribution < 1.29 is 14.3 Å². The van der Waals surface area contributed by atoms with E-state index in [2.05, 4.69) is 22.2 Å². The highest BCUT2D eigenvalue weighted by Gasteiger charge is 2.14. The Kier molecular flexibility index (Phi) is 6.11. The number of anilines is 1. The van der Waals surface area contributed by atoms with Crippen LogP contribution in [-0.2, 0) is 16.1 Å². The summed E-state index contributed by atoms with van der Waals surface area (Å²) in [7, 11) is 0. The monoisotopic (exact) mass is 337 g/mol. The predicted octanol–water partition coefficient (Wildman–Crippen LogP) is 2.28. The van der Waals surface area contributed by atoms with E-state index in [4.69, 9.17) is 4.74 Å². The van der Waals surface area contributed by atoms with E-state index in [1.165, 1.54) is 11.3 Å². The SMILES string of the molecule is C=CCNc1nc(C(=O)OCC(=O)NCc2cccs2)cs1. The molecule has 22 heavy (non-hydrogen) atoms. The Morgan fingerprint density at radius 3 is 3.00 bits per heavy atom. The van der Waals surface area contributed by atoms with Gasteiger partial charge in [0.25, 0.3) is 5.91 Å². The molecule has 1 amide bonds. The molecule has 0 aliphatic carbocycles. The van der Waals surface area contributed by atoms with E-state index in [0.29, 0.717) is 18.2 Å². The predicted molar refractivity (Wildman–Crippen MR) is 87.2 cm³/mol. The summed E-state index contributed by atoms with van der Waals surface area (Å²) in [5.74, 6) is -0.962. The second-order valence-electron chi connectivity index (χ2n) is 4.14. The fourth-order valence-corrected chi connectivity index (χ4v) is 2.80. The van der Waals surface area contributed by atoms with E-state index in [1.807, 2.05) is 17.5 Å². The number of hydrogen-bond donors (Lipinski definition) is 2. The van der Waals surface area contributed by atoms with Crippen molar-refractivity contribution in [3.8, 4) is 0 Å². The van der Waals surface area contributed by atoms with Crippen molar-refractivity contribution in [2.75, 3.05) is 18.5 Å². The van der Waals surface area contributed by atoms with Crippen molar-refractivity contribution >= 4 is 39.7 Å². The average Bonchev–Trinajstić information content (AvgIpc) is 3.19. The summed E-state index contributed by atoms with van der Waals surface area (Å²) in [6, 6.07) is 3.83. The molecular weight excluding hydrogens is 322 g/mol. The van der Waals surface area contributed by atoms with Crippen molar-refractivity contribution in [2.24, 2.45) is 0 Å². The van der Waals surface area contributed by atoms with Gasteiger partial charge in [-0.15, -0.1) is 29.3 Å². The Labute approximate surface area is 135 Å². The molecule has 0 aromatic carbocycles. The number of amides is 1. The van der Waals surface area contributed by atoms with Crippen LogP contribution in [0.25, 0.3) is 0 Å². The summed E-state index contributed by atoms with van der Waals surface area (Å²) in [5, 5.41) is 9.77. The molecule has 0 unspecified atom stereocenters. The number of hydrogen-bond acceptors (Lipinski definition) is 7. The number of thiophene rings is 1. The fraction of sp³-hybridized carbons (Fsp3) is 0.214. The van der Waals surface area contributed by atoms with Gasteiger partial charge in [-0.05, 0) is 11.4 Å². The van der Waals surface area contributed by atoms with Gasteiger partial charge < -0.3 is 15.4 Å². The third-order valence-corrected chi connectivity index (χ3v) is 4.16. The van der Waals surface area contributed by atoms with Crippen LogP contribution in [0.5, 0.6) is 0 Å². The highest BCUT2D eigenvalue weighted by Crippen LogP contribution is 2.15. The van der Waals surface area contributed by atoms with Gasteiger partial charge in [0.1, 0.15) is 0 Å². The zero-order valence-electron chi connectivity index (χ0n) is 11.7. The van der Waals surface area contributed by atoms with Gasteiger partial charge in [0, 0.05) is 16.8 Å². The number of esters is 1. The first-order valence-electron chi connectivity index (χ1n) is 6.45. The Morgan fingerprint density at radius 2 is 2.27 bits per heavy atom. The third kappa shape index (κ3) is 4.97. The van der Waals surface area contributed by atoms with Gasteiger partial charge in [-0.3, -0.25) is 4.79 Å². The van der Waals surface area contributed by atoms with E-state index in [1.54, 1.807) is 22.8 Å². The van der Waals surface area contributed by atoms with E-state index >= 15 is 0 Å². The summed E-state index contributed by atoms with van der Waals surface area (Å²) < 4.78 is 4.93. The number of thiazole rings is 1. The Hall–Kier alpha value is -2.19. The van der Waals surface area contributed by atoms with Crippen LogP contribution in [0, 0.1) is 0 Å². The van der Waals surface area contributed by atoms with Crippen LogP contribution < -0.4 is 10.6 Å². The van der Waals surface area contributed by atoms with Gasteiger partial charge in [-0.2, -0.15) is 0 Å². The Bertz CT molecular complexity index is 638. The first kappa shape index (κ1) is 16.2. The molecule has 0 atom stereocenters. The minimum atomic E-state index is -0.617. The van der Waals surface area contributed by atoms with Gasteiger partial charge in [-0.25, -0.2) is 9.78 Å². The highest BCUT2D eigenvalue weighted by molar-refractivity contribution is 7.13. The van der Waals surface area contributed by atoms with E-state index < -0.39 is 5.97 Å². The van der Waals surface area contributed by atoms with E-state index in [-0.39, 0.29) is 18.2 Å². The van der Waals surface area contributed by atoms with Crippen molar-refractivity contribution in [2.45, 2.75) is 6.54 Å². The molecule has 0 saturated carbocycles. The van der Waals surface area contributed by atoms with Crippen LogP contribution in [0.15, 0.2) is 35.5 Å². The molecule has 2 heterocycles. The normalized spacial score (nSPS) is 10.0. The lowest BCUT2D eigenvalue weighted by atomic mass is 10.4. The average molecular weight is 337 g/mol. The highest BCUT2D eigenvalue weighted by atomic mass is 32.1. The maximum atomic E-state index is 11.8. The standard InChI is InChI=1S/C14H15N3O3S2/c1-2-5-15-14-17-11(9-22-14)13(19)20-8-12(18)16-7-10-4-3-6-21-10/h2-4,6,9H,1,5,7-8H2,(H,15,17)(H,16,18). The van der Waals surface area contributed by atoms with Gasteiger partial charge in [0.2, 0.25) is 0 Å². The Morgan fingerprint density at radius 1 is 1.41 bits per heavy atom. The van der Waals surface area contributed by atoms with Crippen LogP contribution in [0.3, 0.4) is 0 Å². The lowest BCUT2D eigenvalue weighted by Crippen LogP contribution is -2.28. The zero-order valence-corrected chi connectivity index (χ0v) is 13.3. The quantitative estimate of drug-likeness (QED) is 0.570. The molecule has 2 N–H and O–H groups in total. The summed E-state index contributed by atoms with van der Waals surface area (Å²) in [6.45, 7) is 4.25. The summed E-state index contributed by atoms with van der Waals surface area (Å²) >= 11 is 2.84. The first-order valence-corrected chi connectivity index (χ1v) is 8.21. The molecule has 2 aromatic rings. The Balaban J connectivity index is 1.73. The molecule has 0 fully saturated rings. The maximum Gasteiger partial charge on any atom is 0.358 e. The van der Waals surface area contributed by atoms with Crippen molar-refractivity contribution in [1.29, 1.82) is 0 Å². The van der Waals surface area contributed by atoms with Gasteiger partial charge in [0.15, 0.2) is 17.4 Å². The molecule has 6 nitrogen and oxygen atoms in total.